The van der Waals surface area contributed by atoms with Crippen molar-refractivity contribution in [2.75, 3.05) is 31.7 Å². The van der Waals surface area contributed by atoms with Crippen molar-refractivity contribution in [3.05, 3.63) is 29.3 Å². The van der Waals surface area contributed by atoms with Crippen molar-refractivity contribution in [2.45, 2.75) is 12.3 Å². The summed E-state index contributed by atoms with van der Waals surface area (Å²) in [4.78, 5) is 1.53. The number of likely N-dealkylation sites (N-methyl/N-ethyl adjacent to an activating group) is 1. The third kappa shape index (κ3) is 3.92. The van der Waals surface area contributed by atoms with Crippen molar-refractivity contribution in [3.8, 4) is 0 Å². The molecular weight excluding hydrogens is 292 g/mol. The summed E-state index contributed by atoms with van der Waals surface area (Å²) in [7, 11) is 1.65. The summed E-state index contributed by atoms with van der Waals surface area (Å²) >= 11 is 3.17. The number of hydrogen-bond donors (Lipinski definition) is 0. The fourth-order valence-corrected chi connectivity index (χ4v) is 1.84. The predicted octanol–water partition coefficient (Wildman–Crippen LogP) is 3.33. The Morgan fingerprint density at radius 1 is 1.29 bits per heavy atom. The molecule has 96 valence electrons. The van der Waals surface area contributed by atoms with Gasteiger partial charge in [0, 0.05) is 25.5 Å². The lowest BCUT2D eigenvalue weighted by atomic mass is 10.2. The molecule has 17 heavy (non-hydrogen) atoms. The van der Waals surface area contributed by atoms with E-state index in [2.05, 4.69) is 15.9 Å². The van der Waals surface area contributed by atoms with Gasteiger partial charge in [0.2, 0.25) is 0 Å². The van der Waals surface area contributed by atoms with Crippen LogP contribution >= 0.6 is 15.9 Å². The van der Waals surface area contributed by atoms with Crippen LogP contribution in [-0.4, -0.2) is 26.8 Å². The zero-order chi connectivity index (χ0) is 12.8. The highest BCUT2D eigenvalue weighted by Gasteiger charge is 2.14. The standard InChI is InChI=1S/C12H16BrF2NO/c1-3-17-5-4-16(2)12-10(14)6-9(8-13)7-11(12)15/h6-7H,3-5,8H2,1-2H3. The van der Waals surface area contributed by atoms with Gasteiger partial charge in [-0.3, -0.25) is 0 Å². The highest BCUT2D eigenvalue weighted by atomic mass is 79.9. The van der Waals surface area contributed by atoms with Crippen LogP contribution < -0.4 is 4.90 Å². The molecule has 0 aliphatic carbocycles. The van der Waals surface area contributed by atoms with Gasteiger partial charge < -0.3 is 9.64 Å². The molecule has 0 aliphatic rings. The summed E-state index contributed by atoms with van der Waals surface area (Å²) in [6.45, 7) is 3.38. The molecule has 0 saturated carbocycles. The second kappa shape index (κ2) is 6.91. The van der Waals surface area contributed by atoms with E-state index in [-0.39, 0.29) is 5.69 Å². The van der Waals surface area contributed by atoms with Gasteiger partial charge in [0.05, 0.1) is 6.61 Å². The summed E-state index contributed by atoms with van der Waals surface area (Å²) in [6.07, 6.45) is 0. The van der Waals surface area contributed by atoms with Crippen molar-refractivity contribution in [1.82, 2.24) is 0 Å². The molecule has 0 radical (unpaired) electrons. The summed E-state index contributed by atoms with van der Waals surface area (Å²) in [5, 5.41) is 0.434. The summed E-state index contributed by atoms with van der Waals surface area (Å²) in [5.41, 5.74) is 0.580. The first kappa shape index (κ1) is 14.4. The van der Waals surface area contributed by atoms with Gasteiger partial charge in [0.15, 0.2) is 0 Å². The monoisotopic (exact) mass is 307 g/mol. The molecular formula is C12H16BrF2NO. The fourth-order valence-electron chi connectivity index (χ4n) is 1.52. The molecule has 0 aliphatic heterocycles. The first-order valence-electron chi connectivity index (χ1n) is 5.42. The van der Waals surface area contributed by atoms with Gasteiger partial charge in [-0.15, -0.1) is 0 Å². The molecule has 0 bridgehead atoms. The van der Waals surface area contributed by atoms with Crippen molar-refractivity contribution in [1.29, 1.82) is 0 Å². The first-order valence-corrected chi connectivity index (χ1v) is 6.55. The average molecular weight is 308 g/mol. The Morgan fingerprint density at radius 2 is 1.88 bits per heavy atom. The number of anilines is 1. The molecule has 1 aromatic rings. The van der Waals surface area contributed by atoms with Gasteiger partial charge >= 0.3 is 0 Å². The molecule has 0 amide bonds. The zero-order valence-corrected chi connectivity index (χ0v) is 11.6. The number of benzene rings is 1. The van der Waals surface area contributed by atoms with Gasteiger partial charge in [-0.25, -0.2) is 8.78 Å². The molecule has 0 spiro atoms. The topological polar surface area (TPSA) is 12.5 Å². The molecule has 0 unspecified atom stereocenters. The number of hydrogen-bond acceptors (Lipinski definition) is 2. The zero-order valence-electron chi connectivity index (χ0n) is 9.97. The maximum absolute atomic E-state index is 13.7. The Balaban J connectivity index is 2.82. The first-order chi connectivity index (χ1) is 8.10. The van der Waals surface area contributed by atoms with Crippen LogP contribution in [0.4, 0.5) is 14.5 Å². The van der Waals surface area contributed by atoms with Crippen LogP contribution in [-0.2, 0) is 10.1 Å². The van der Waals surface area contributed by atoms with Crippen LogP contribution in [0.5, 0.6) is 0 Å². The molecule has 0 N–H and O–H groups in total. The van der Waals surface area contributed by atoms with Crippen LogP contribution in [0.1, 0.15) is 12.5 Å². The maximum Gasteiger partial charge on any atom is 0.149 e. The van der Waals surface area contributed by atoms with Crippen LogP contribution in [0.3, 0.4) is 0 Å². The summed E-state index contributed by atoms with van der Waals surface area (Å²) in [6, 6.07) is 2.68. The Hall–Kier alpha value is -0.680. The summed E-state index contributed by atoms with van der Waals surface area (Å²) in [5.74, 6) is -1.09. The predicted molar refractivity (Wildman–Crippen MR) is 68.8 cm³/mol. The van der Waals surface area contributed by atoms with Gasteiger partial charge in [0.25, 0.3) is 0 Å². The van der Waals surface area contributed by atoms with Crippen LogP contribution in [0.2, 0.25) is 0 Å². The van der Waals surface area contributed by atoms with Crippen molar-refractivity contribution < 1.29 is 13.5 Å². The minimum absolute atomic E-state index is 0.00518. The van der Waals surface area contributed by atoms with E-state index < -0.39 is 11.6 Å². The lowest BCUT2D eigenvalue weighted by Crippen LogP contribution is -2.24. The number of rotatable bonds is 6. The van der Waals surface area contributed by atoms with Crippen LogP contribution in [0, 0.1) is 11.6 Å². The van der Waals surface area contributed by atoms with E-state index in [1.54, 1.807) is 7.05 Å². The maximum atomic E-state index is 13.7. The van der Waals surface area contributed by atoms with Gasteiger partial charge in [-0.05, 0) is 24.6 Å². The van der Waals surface area contributed by atoms with Crippen LogP contribution in [0.15, 0.2) is 12.1 Å². The van der Waals surface area contributed by atoms with E-state index in [9.17, 15) is 8.78 Å². The number of nitrogens with zero attached hydrogens (tertiary/aromatic N) is 1. The SMILES string of the molecule is CCOCCN(C)c1c(F)cc(CBr)cc1F. The van der Waals surface area contributed by atoms with E-state index >= 15 is 0 Å². The van der Waals surface area contributed by atoms with Gasteiger partial charge in [-0.1, -0.05) is 15.9 Å². The largest absolute Gasteiger partial charge is 0.380 e. The Morgan fingerprint density at radius 3 is 2.35 bits per heavy atom. The molecule has 2 nitrogen and oxygen atoms in total. The minimum atomic E-state index is -0.543. The third-order valence-corrected chi connectivity index (χ3v) is 3.04. The van der Waals surface area contributed by atoms with E-state index in [0.29, 0.717) is 30.7 Å². The quantitative estimate of drug-likeness (QED) is 0.590. The summed E-state index contributed by atoms with van der Waals surface area (Å²) < 4.78 is 32.6. The van der Waals surface area contributed by atoms with Crippen LogP contribution in [0.25, 0.3) is 0 Å². The van der Waals surface area contributed by atoms with Crippen molar-refractivity contribution >= 4 is 21.6 Å². The Bertz CT molecular complexity index is 351. The smallest absolute Gasteiger partial charge is 0.149 e. The van der Waals surface area contributed by atoms with E-state index in [4.69, 9.17) is 4.74 Å². The molecule has 0 heterocycles. The highest BCUT2D eigenvalue weighted by molar-refractivity contribution is 9.08. The van der Waals surface area contributed by atoms with E-state index in [1.807, 2.05) is 6.92 Å². The van der Waals surface area contributed by atoms with E-state index in [0.717, 1.165) is 0 Å². The lowest BCUT2D eigenvalue weighted by Gasteiger charge is -2.20. The minimum Gasteiger partial charge on any atom is -0.380 e. The third-order valence-electron chi connectivity index (χ3n) is 2.39. The lowest BCUT2D eigenvalue weighted by molar-refractivity contribution is 0.154. The molecule has 5 heteroatoms. The Labute approximate surface area is 109 Å². The molecule has 1 rings (SSSR count). The Kier molecular flexibility index (Phi) is 5.85. The molecule has 0 aromatic heterocycles. The molecule has 0 fully saturated rings. The fraction of sp³-hybridized carbons (Fsp3) is 0.500. The van der Waals surface area contributed by atoms with Crippen molar-refractivity contribution in [3.63, 3.8) is 0 Å². The normalized spacial score (nSPS) is 10.6. The number of ether oxygens (including phenoxy) is 1. The number of alkyl halides is 1. The molecule has 0 atom stereocenters. The number of halogens is 3. The van der Waals surface area contributed by atoms with Gasteiger partial charge in [-0.2, -0.15) is 0 Å². The second-order valence-electron chi connectivity index (χ2n) is 3.66. The van der Waals surface area contributed by atoms with Gasteiger partial charge in [0.1, 0.15) is 17.3 Å². The molecule has 0 saturated heterocycles. The average Bonchev–Trinajstić information content (AvgIpc) is 2.28. The van der Waals surface area contributed by atoms with Crippen molar-refractivity contribution in [2.24, 2.45) is 0 Å². The highest BCUT2D eigenvalue weighted by Crippen LogP contribution is 2.24. The molecule has 1 aromatic carbocycles. The second-order valence-corrected chi connectivity index (χ2v) is 4.22. The van der Waals surface area contributed by atoms with E-state index in [1.165, 1.54) is 17.0 Å².